The fraction of sp³-hybridized carbons (Fsp3) is 0.500. The molecule has 2 N–H and O–H groups in total. The molecule has 5 nitrogen and oxygen atoms in total. The largest absolute Gasteiger partial charge is 0.483 e. The SMILES string of the molecule is CCCC(=O)NNC(=O)COc1ccc(Br)cc1C(C)(C)C. The summed E-state index contributed by atoms with van der Waals surface area (Å²) in [5.41, 5.74) is 5.58. The molecule has 0 bridgehead atoms. The summed E-state index contributed by atoms with van der Waals surface area (Å²) in [6.45, 7) is 7.97. The highest BCUT2D eigenvalue weighted by atomic mass is 79.9. The molecule has 0 radical (unpaired) electrons. The van der Waals surface area contributed by atoms with Gasteiger partial charge in [0.25, 0.3) is 5.91 Å². The maximum atomic E-state index is 11.7. The van der Waals surface area contributed by atoms with E-state index in [1.807, 2.05) is 25.1 Å². The molecule has 122 valence electrons. The minimum absolute atomic E-state index is 0.106. The van der Waals surface area contributed by atoms with Crippen LogP contribution in [0.5, 0.6) is 5.75 Å². The molecule has 0 aliphatic rings. The summed E-state index contributed by atoms with van der Waals surface area (Å²) < 4.78 is 6.55. The molecule has 0 aliphatic carbocycles. The standard InChI is InChI=1S/C16H23BrN2O3/c1-5-6-14(20)18-19-15(21)10-22-13-8-7-11(17)9-12(13)16(2,3)4/h7-9H,5-6,10H2,1-4H3,(H,18,20)(H,19,21). The highest BCUT2D eigenvalue weighted by Crippen LogP contribution is 2.33. The van der Waals surface area contributed by atoms with Gasteiger partial charge in [-0.3, -0.25) is 20.4 Å². The van der Waals surface area contributed by atoms with Gasteiger partial charge in [-0.15, -0.1) is 0 Å². The second-order valence-electron chi connectivity index (χ2n) is 6.03. The summed E-state index contributed by atoms with van der Waals surface area (Å²) in [5.74, 6) is 0.0489. The lowest BCUT2D eigenvalue weighted by molar-refractivity contribution is -0.130. The van der Waals surface area contributed by atoms with Gasteiger partial charge in [0.05, 0.1) is 0 Å². The Kier molecular flexibility index (Phi) is 6.87. The van der Waals surface area contributed by atoms with Gasteiger partial charge < -0.3 is 4.74 Å². The van der Waals surface area contributed by atoms with Gasteiger partial charge in [-0.2, -0.15) is 0 Å². The maximum Gasteiger partial charge on any atom is 0.276 e. The molecule has 1 aromatic carbocycles. The summed E-state index contributed by atoms with van der Waals surface area (Å²) in [7, 11) is 0. The second kappa shape index (κ2) is 8.17. The van der Waals surface area contributed by atoms with Crippen LogP contribution in [0.15, 0.2) is 22.7 Å². The molecule has 0 heterocycles. The first kappa shape index (κ1) is 18.5. The van der Waals surface area contributed by atoms with E-state index in [0.29, 0.717) is 12.2 Å². The van der Waals surface area contributed by atoms with Crippen molar-refractivity contribution in [3.8, 4) is 5.75 Å². The van der Waals surface area contributed by atoms with Crippen molar-refractivity contribution in [1.82, 2.24) is 10.9 Å². The maximum absolute atomic E-state index is 11.7. The van der Waals surface area contributed by atoms with Crippen LogP contribution in [0.4, 0.5) is 0 Å². The molecular formula is C16H23BrN2O3. The van der Waals surface area contributed by atoms with Crippen molar-refractivity contribution in [1.29, 1.82) is 0 Å². The number of benzene rings is 1. The lowest BCUT2D eigenvalue weighted by atomic mass is 9.86. The number of nitrogens with one attached hydrogen (secondary N) is 2. The quantitative estimate of drug-likeness (QED) is 0.782. The number of rotatable bonds is 5. The van der Waals surface area contributed by atoms with Gasteiger partial charge in [0.15, 0.2) is 6.61 Å². The first-order chi connectivity index (χ1) is 10.2. The van der Waals surface area contributed by atoms with E-state index in [1.54, 1.807) is 0 Å². The zero-order valence-corrected chi connectivity index (χ0v) is 15.0. The fourth-order valence-electron chi connectivity index (χ4n) is 1.82. The third-order valence-electron chi connectivity index (χ3n) is 2.93. The fourth-order valence-corrected chi connectivity index (χ4v) is 2.18. The Balaban J connectivity index is 2.61. The number of hydrogen-bond donors (Lipinski definition) is 2. The van der Waals surface area contributed by atoms with Crippen molar-refractivity contribution in [2.75, 3.05) is 6.61 Å². The third-order valence-corrected chi connectivity index (χ3v) is 3.42. The van der Waals surface area contributed by atoms with Crippen LogP contribution in [0.3, 0.4) is 0 Å². The topological polar surface area (TPSA) is 67.4 Å². The molecule has 0 aliphatic heterocycles. The molecule has 0 unspecified atom stereocenters. The van der Waals surface area contributed by atoms with E-state index < -0.39 is 5.91 Å². The number of carbonyl (C=O) groups is 2. The van der Waals surface area contributed by atoms with E-state index in [1.165, 1.54) is 0 Å². The summed E-state index contributed by atoms with van der Waals surface area (Å²) in [6, 6.07) is 5.68. The van der Waals surface area contributed by atoms with Gasteiger partial charge in [0.2, 0.25) is 5.91 Å². The summed E-state index contributed by atoms with van der Waals surface area (Å²) in [5, 5.41) is 0. The van der Waals surface area contributed by atoms with E-state index in [2.05, 4.69) is 47.6 Å². The lowest BCUT2D eigenvalue weighted by Crippen LogP contribution is -2.43. The Hall–Kier alpha value is -1.56. The van der Waals surface area contributed by atoms with Crippen LogP contribution in [0, 0.1) is 0 Å². The predicted octanol–water partition coefficient (Wildman–Crippen LogP) is 3.07. The average Bonchev–Trinajstić information content (AvgIpc) is 2.43. The monoisotopic (exact) mass is 370 g/mol. The third kappa shape index (κ3) is 6.05. The van der Waals surface area contributed by atoms with Crippen LogP contribution >= 0.6 is 15.9 Å². The van der Waals surface area contributed by atoms with Gasteiger partial charge in [0.1, 0.15) is 5.75 Å². The van der Waals surface area contributed by atoms with Crippen LogP contribution in [0.1, 0.15) is 46.1 Å². The molecule has 0 fully saturated rings. The van der Waals surface area contributed by atoms with Crippen LogP contribution in [-0.4, -0.2) is 18.4 Å². The number of amides is 2. The first-order valence-electron chi connectivity index (χ1n) is 7.24. The zero-order valence-electron chi connectivity index (χ0n) is 13.5. The van der Waals surface area contributed by atoms with Crippen LogP contribution in [-0.2, 0) is 15.0 Å². The van der Waals surface area contributed by atoms with Gasteiger partial charge in [-0.1, -0.05) is 43.6 Å². The van der Waals surface area contributed by atoms with Gasteiger partial charge in [-0.05, 0) is 30.0 Å². The Morgan fingerprint density at radius 2 is 1.82 bits per heavy atom. The van der Waals surface area contributed by atoms with Gasteiger partial charge in [0, 0.05) is 16.5 Å². The van der Waals surface area contributed by atoms with Crippen molar-refractivity contribution < 1.29 is 14.3 Å². The second-order valence-corrected chi connectivity index (χ2v) is 6.94. The number of carbonyl (C=O) groups excluding carboxylic acids is 2. The van der Waals surface area contributed by atoms with Crippen LogP contribution in [0.2, 0.25) is 0 Å². The van der Waals surface area contributed by atoms with Crippen molar-refractivity contribution in [3.05, 3.63) is 28.2 Å². The lowest BCUT2D eigenvalue weighted by Gasteiger charge is -2.23. The van der Waals surface area contributed by atoms with Gasteiger partial charge >= 0.3 is 0 Å². The number of halogens is 1. The van der Waals surface area contributed by atoms with E-state index in [9.17, 15) is 9.59 Å². The molecule has 1 rings (SSSR count). The molecule has 0 saturated heterocycles. The Labute approximate surface area is 139 Å². The number of hydrogen-bond acceptors (Lipinski definition) is 3. The normalized spacial score (nSPS) is 11.0. The van der Waals surface area contributed by atoms with Crippen LogP contribution < -0.4 is 15.6 Å². The molecule has 1 aromatic rings. The smallest absolute Gasteiger partial charge is 0.276 e. The van der Waals surface area contributed by atoms with E-state index in [4.69, 9.17) is 4.74 Å². The number of ether oxygens (including phenoxy) is 1. The van der Waals surface area contributed by atoms with Crippen LogP contribution in [0.25, 0.3) is 0 Å². The molecular weight excluding hydrogens is 348 g/mol. The van der Waals surface area contributed by atoms with Crippen molar-refractivity contribution in [2.45, 2.75) is 46.0 Å². The Morgan fingerprint density at radius 3 is 2.41 bits per heavy atom. The molecule has 22 heavy (non-hydrogen) atoms. The predicted molar refractivity (Wildman–Crippen MR) is 89.5 cm³/mol. The summed E-state index contributed by atoms with van der Waals surface area (Å²) in [6.07, 6.45) is 1.11. The molecule has 0 atom stereocenters. The molecule has 2 amide bonds. The summed E-state index contributed by atoms with van der Waals surface area (Å²) >= 11 is 3.44. The Morgan fingerprint density at radius 1 is 1.18 bits per heavy atom. The molecule has 0 saturated carbocycles. The highest BCUT2D eigenvalue weighted by molar-refractivity contribution is 9.10. The summed E-state index contributed by atoms with van der Waals surface area (Å²) in [4.78, 5) is 23.0. The average molecular weight is 371 g/mol. The van der Waals surface area contributed by atoms with E-state index in [0.717, 1.165) is 16.5 Å². The molecule has 0 aromatic heterocycles. The van der Waals surface area contributed by atoms with E-state index in [-0.39, 0.29) is 17.9 Å². The highest BCUT2D eigenvalue weighted by Gasteiger charge is 2.20. The first-order valence-corrected chi connectivity index (χ1v) is 8.04. The minimum atomic E-state index is -0.396. The zero-order chi connectivity index (χ0) is 16.8. The minimum Gasteiger partial charge on any atom is -0.483 e. The van der Waals surface area contributed by atoms with Crippen molar-refractivity contribution in [3.63, 3.8) is 0 Å². The van der Waals surface area contributed by atoms with Crippen molar-refractivity contribution >= 4 is 27.7 Å². The van der Waals surface area contributed by atoms with E-state index >= 15 is 0 Å². The molecule has 0 spiro atoms. The number of hydrazine groups is 1. The molecule has 6 heteroatoms. The van der Waals surface area contributed by atoms with Crippen molar-refractivity contribution in [2.24, 2.45) is 0 Å². The Bertz CT molecular complexity index is 539. The van der Waals surface area contributed by atoms with Gasteiger partial charge in [-0.25, -0.2) is 0 Å².